The fourth-order valence-electron chi connectivity index (χ4n) is 3.76. The Morgan fingerprint density at radius 1 is 1.09 bits per heavy atom. The molecule has 2 heterocycles. The van der Waals surface area contributed by atoms with Crippen LogP contribution in [0.2, 0.25) is 0 Å². The lowest BCUT2D eigenvalue weighted by Gasteiger charge is -2.21. The molecule has 8 heteroatoms. The summed E-state index contributed by atoms with van der Waals surface area (Å²) in [5.41, 5.74) is 3.40. The number of nitrogens with one attached hydrogen (secondary N) is 2. The summed E-state index contributed by atoms with van der Waals surface area (Å²) in [5.74, 6) is -0.452. The summed E-state index contributed by atoms with van der Waals surface area (Å²) in [6.07, 6.45) is 5.34. The molecule has 2 N–H and O–H groups in total. The summed E-state index contributed by atoms with van der Waals surface area (Å²) in [7, 11) is 1.85. The maximum Gasteiger partial charge on any atom is 0.247 e. The molecular formula is C27H25FN6O. The summed E-state index contributed by atoms with van der Waals surface area (Å²) >= 11 is 0. The van der Waals surface area contributed by atoms with Gasteiger partial charge in [-0.05, 0) is 41.3 Å². The van der Waals surface area contributed by atoms with E-state index in [9.17, 15) is 9.18 Å². The van der Waals surface area contributed by atoms with E-state index in [0.29, 0.717) is 12.4 Å². The summed E-state index contributed by atoms with van der Waals surface area (Å²) in [5, 5.41) is 19.3. The third kappa shape index (κ3) is 5.78. The van der Waals surface area contributed by atoms with Crippen LogP contribution in [0.25, 0.3) is 11.1 Å². The number of aromatic nitrogens is 3. The van der Waals surface area contributed by atoms with Crippen molar-refractivity contribution in [1.82, 2.24) is 20.1 Å². The van der Waals surface area contributed by atoms with Crippen LogP contribution in [-0.2, 0) is 11.8 Å². The van der Waals surface area contributed by atoms with Crippen molar-refractivity contribution < 1.29 is 9.18 Å². The SMILES string of the molecule is CC(CNC(C(=O)Nc1ccc(-c2cnn(C)c2)cn1)c1ccccc1)c1ccc(C#N)c(F)c1. The molecule has 7 nitrogen and oxygen atoms in total. The van der Waals surface area contributed by atoms with E-state index in [1.54, 1.807) is 29.2 Å². The highest BCUT2D eigenvalue weighted by Gasteiger charge is 2.22. The van der Waals surface area contributed by atoms with Crippen LogP contribution >= 0.6 is 0 Å². The molecule has 1 amide bonds. The molecule has 0 aliphatic heterocycles. The predicted molar refractivity (Wildman–Crippen MR) is 132 cm³/mol. The number of benzene rings is 2. The van der Waals surface area contributed by atoms with E-state index in [-0.39, 0.29) is 17.4 Å². The van der Waals surface area contributed by atoms with Crippen molar-refractivity contribution in [3.8, 4) is 17.2 Å². The van der Waals surface area contributed by atoms with Crippen molar-refractivity contribution in [2.45, 2.75) is 18.9 Å². The van der Waals surface area contributed by atoms with Crippen LogP contribution in [0.3, 0.4) is 0 Å². The molecule has 176 valence electrons. The van der Waals surface area contributed by atoms with E-state index >= 15 is 0 Å². The van der Waals surface area contributed by atoms with E-state index < -0.39 is 11.9 Å². The minimum absolute atomic E-state index is 0.0116. The van der Waals surface area contributed by atoms with Crippen LogP contribution < -0.4 is 10.6 Å². The van der Waals surface area contributed by atoms with Gasteiger partial charge in [0.25, 0.3) is 0 Å². The number of hydrogen-bond acceptors (Lipinski definition) is 5. The molecule has 0 fully saturated rings. The lowest BCUT2D eigenvalue weighted by Crippen LogP contribution is -2.35. The van der Waals surface area contributed by atoms with Crippen molar-refractivity contribution in [2.75, 3.05) is 11.9 Å². The Balaban J connectivity index is 1.47. The van der Waals surface area contributed by atoms with Gasteiger partial charge in [0.05, 0.1) is 11.8 Å². The van der Waals surface area contributed by atoms with Gasteiger partial charge in [-0.2, -0.15) is 10.4 Å². The molecule has 0 spiro atoms. The highest BCUT2D eigenvalue weighted by molar-refractivity contribution is 5.95. The zero-order chi connectivity index (χ0) is 24.8. The zero-order valence-corrected chi connectivity index (χ0v) is 19.4. The summed E-state index contributed by atoms with van der Waals surface area (Å²) in [6, 6.07) is 18.8. The van der Waals surface area contributed by atoms with Crippen LogP contribution in [-0.4, -0.2) is 27.2 Å². The minimum Gasteiger partial charge on any atom is -0.309 e. The van der Waals surface area contributed by atoms with Crippen molar-refractivity contribution in [1.29, 1.82) is 5.26 Å². The molecule has 0 bridgehead atoms. The van der Waals surface area contributed by atoms with E-state index in [0.717, 1.165) is 22.3 Å². The van der Waals surface area contributed by atoms with E-state index in [2.05, 4.69) is 20.7 Å². The molecule has 2 aromatic heterocycles. The van der Waals surface area contributed by atoms with Gasteiger partial charge in [0.1, 0.15) is 23.7 Å². The maximum absolute atomic E-state index is 14.1. The van der Waals surface area contributed by atoms with Gasteiger partial charge in [-0.25, -0.2) is 9.37 Å². The molecule has 0 saturated heterocycles. The van der Waals surface area contributed by atoms with E-state index in [1.807, 2.05) is 62.6 Å². The number of halogens is 1. The van der Waals surface area contributed by atoms with Gasteiger partial charge in [0.2, 0.25) is 5.91 Å². The summed E-state index contributed by atoms with van der Waals surface area (Å²) < 4.78 is 15.8. The van der Waals surface area contributed by atoms with Crippen molar-refractivity contribution in [3.05, 3.63) is 102 Å². The molecule has 2 aromatic carbocycles. The monoisotopic (exact) mass is 468 g/mol. The first-order valence-electron chi connectivity index (χ1n) is 11.2. The lowest BCUT2D eigenvalue weighted by atomic mass is 9.98. The smallest absolute Gasteiger partial charge is 0.247 e. The standard InChI is InChI=1S/C27H25FN6O/c1-18(20-8-9-21(13-29)24(28)12-20)14-31-26(19-6-4-3-5-7-19)27(35)33-25-11-10-22(15-30-25)23-16-32-34(2)17-23/h3-12,15-18,26,31H,14H2,1-2H3,(H,30,33,35). The number of pyridine rings is 1. The van der Waals surface area contributed by atoms with Crippen LogP contribution in [0.15, 0.2) is 79.3 Å². The molecule has 2 unspecified atom stereocenters. The average Bonchev–Trinajstić information content (AvgIpc) is 3.31. The third-order valence-electron chi connectivity index (χ3n) is 5.76. The second-order valence-electron chi connectivity index (χ2n) is 8.33. The molecule has 4 rings (SSSR count). The Kier molecular flexibility index (Phi) is 7.29. The topological polar surface area (TPSA) is 95.6 Å². The fourth-order valence-corrected chi connectivity index (χ4v) is 3.76. The third-order valence-corrected chi connectivity index (χ3v) is 5.76. The molecular weight excluding hydrogens is 443 g/mol. The summed E-state index contributed by atoms with van der Waals surface area (Å²) in [6.45, 7) is 2.36. The molecule has 0 aliphatic rings. The first kappa shape index (κ1) is 23.8. The van der Waals surface area contributed by atoms with Crippen LogP contribution in [0, 0.1) is 17.1 Å². The normalized spacial score (nSPS) is 12.5. The molecule has 0 saturated carbocycles. The second-order valence-corrected chi connectivity index (χ2v) is 8.33. The van der Waals surface area contributed by atoms with E-state index in [4.69, 9.17) is 5.26 Å². The highest BCUT2D eigenvalue weighted by Crippen LogP contribution is 2.22. The van der Waals surface area contributed by atoms with Gasteiger partial charge in [-0.15, -0.1) is 0 Å². The maximum atomic E-state index is 14.1. The molecule has 35 heavy (non-hydrogen) atoms. The first-order chi connectivity index (χ1) is 16.9. The quantitative estimate of drug-likeness (QED) is 0.395. The second kappa shape index (κ2) is 10.7. The van der Waals surface area contributed by atoms with E-state index in [1.165, 1.54) is 12.1 Å². The first-order valence-corrected chi connectivity index (χ1v) is 11.2. The number of hydrogen-bond donors (Lipinski definition) is 2. The van der Waals surface area contributed by atoms with Gasteiger partial charge < -0.3 is 10.6 Å². The van der Waals surface area contributed by atoms with Crippen LogP contribution in [0.1, 0.15) is 35.6 Å². The van der Waals surface area contributed by atoms with Crippen LogP contribution in [0.4, 0.5) is 10.2 Å². The van der Waals surface area contributed by atoms with Gasteiger partial charge in [0, 0.05) is 37.1 Å². The largest absolute Gasteiger partial charge is 0.309 e. The fraction of sp³-hybridized carbons (Fsp3) is 0.185. The Morgan fingerprint density at radius 2 is 1.89 bits per heavy atom. The van der Waals surface area contributed by atoms with Crippen molar-refractivity contribution in [3.63, 3.8) is 0 Å². The van der Waals surface area contributed by atoms with Crippen molar-refractivity contribution in [2.24, 2.45) is 7.05 Å². The molecule has 0 aliphatic carbocycles. The van der Waals surface area contributed by atoms with Gasteiger partial charge in [0.15, 0.2) is 0 Å². The van der Waals surface area contributed by atoms with Crippen molar-refractivity contribution >= 4 is 11.7 Å². The Hall–Kier alpha value is -4.35. The minimum atomic E-state index is -0.637. The van der Waals surface area contributed by atoms with Gasteiger partial charge in [-0.1, -0.05) is 43.3 Å². The number of anilines is 1. The Labute approximate surface area is 203 Å². The number of carbonyl (C=O) groups is 1. The highest BCUT2D eigenvalue weighted by atomic mass is 19.1. The molecule has 4 aromatic rings. The molecule has 2 atom stereocenters. The van der Waals surface area contributed by atoms with Crippen LogP contribution in [0.5, 0.6) is 0 Å². The number of rotatable bonds is 8. The van der Waals surface area contributed by atoms with Gasteiger partial charge >= 0.3 is 0 Å². The predicted octanol–water partition coefficient (Wildman–Crippen LogP) is 4.57. The number of nitriles is 1. The zero-order valence-electron chi connectivity index (χ0n) is 19.4. The average molecular weight is 469 g/mol. The Bertz CT molecular complexity index is 1340. The summed E-state index contributed by atoms with van der Waals surface area (Å²) in [4.78, 5) is 17.6. The number of nitrogens with zero attached hydrogens (tertiary/aromatic N) is 4. The molecule has 0 radical (unpaired) electrons. The number of aryl methyl sites for hydroxylation is 1. The number of amides is 1. The lowest BCUT2D eigenvalue weighted by molar-refractivity contribution is -0.118. The number of carbonyl (C=O) groups excluding carboxylic acids is 1. The Morgan fingerprint density at radius 3 is 2.51 bits per heavy atom. The van der Waals surface area contributed by atoms with Gasteiger partial charge in [-0.3, -0.25) is 9.48 Å².